The number of hydrogen-bond donors (Lipinski definition) is 3. The third-order valence-electron chi connectivity index (χ3n) is 4.53. The van der Waals surface area contributed by atoms with Crippen LogP contribution in [0.4, 0.5) is 14.9 Å². The van der Waals surface area contributed by atoms with E-state index in [-0.39, 0.29) is 23.0 Å². The molecule has 168 valence electrons. The molecule has 0 unspecified atom stereocenters. The second-order valence-electron chi connectivity index (χ2n) is 8.25. The smallest absolute Gasteiger partial charge is 0.338 e. The summed E-state index contributed by atoms with van der Waals surface area (Å²) in [4.78, 5) is 19.5. The minimum Gasteiger partial charge on any atom is -0.383 e. The summed E-state index contributed by atoms with van der Waals surface area (Å²) >= 11 is 1.16. The van der Waals surface area contributed by atoms with Crippen molar-refractivity contribution >= 4 is 36.3 Å². The van der Waals surface area contributed by atoms with Crippen molar-refractivity contribution in [1.29, 1.82) is 10.5 Å². The molecule has 11 heteroatoms. The van der Waals surface area contributed by atoms with Gasteiger partial charge >= 0.3 is 14.8 Å². The number of nitrogens with zero attached hydrogens (tertiary/aromatic N) is 4. The van der Waals surface area contributed by atoms with Crippen LogP contribution < -0.4 is 14.8 Å². The fraction of sp³-hybridized carbons (Fsp3) is 0.429. The summed E-state index contributed by atoms with van der Waals surface area (Å²) in [6, 6.07) is 2.57. The van der Waals surface area contributed by atoms with Gasteiger partial charge in [-0.1, -0.05) is 27.7 Å². The van der Waals surface area contributed by atoms with Gasteiger partial charge in [0.15, 0.2) is 6.19 Å². The van der Waals surface area contributed by atoms with E-state index >= 15 is 0 Å². The highest BCUT2D eigenvalue weighted by Crippen LogP contribution is 2.36. The number of thiazole rings is 1. The number of carbonyl (C=O) groups excluding carboxylic acids is 1. The number of anilines is 1. The van der Waals surface area contributed by atoms with Crippen LogP contribution in [0.1, 0.15) is 75.1 Å². The van der Waals surface area contributed by atoms with E-state index in [0.29, 0.717) is 20.8 Å². The zero-order valence-electron chi connectivity index (χ0n) is 18.7. The van der Waals surface area contributed by atoms with Crippen molar-refractivity contribution in [1.82, 2.24) is 9.97 Å². The molecule has 0 aliphatic rings. The third kappa shape index (κ3) is 5.62. The number of carbonyl (C=O) groups is 1. The van der Waals surface area contributed by atoms with Gasteiger partial charge < -0.3 is 15.4 Å². The maximum atomic E-state index is 15.0. The van der Waals surface area contributed by atoms with Gasteiger partial charge in [-0.05, 0) is 37.3 Å². The van der Waals surface area contributed by atoms with Crippen molar-refractivity contribution in [2.45, 2.75) is 59.0 Å². The molecule has 0 radical (unpaired) electrons. The van der Waals surface area contributed by atoms with E-state index in [1.165, 1.54) is 12.3 Å². The van der Waals surface area contributed by atoms with Crippen molar-refractivity contribution in [2.24, 2.45) is 4.63 Å². The number of hydrogen-bond acceptors (Lipinski definition) is 6. The van der Waals surface area contributed by atoms with Crippen LogP contribution in [0.3, 0.4) is 0 Å². The SMILES string of the molecule is CC(C)c1cc(C#N)c(F)c(C(C)C)c1NC(=O)N=[Si](NC#N)c1cnc(C(C)(C)O)s1. The summed E-state index contributed by atoms with van der Waals surface area (Å²) < 4.78 is 19.6. The maximum Gasteiger partial charge on any atom is 0.338 e. The number of nitrogens with one attached hydrogen (secondary N) is 2. The van der Waals surface area contributed by atoms with E-state index in [1.807, 2.05) is 26.1 Å². The highest BCUT2D eigenvalue weighted by atomic mass is 32.1. The average molecular weight is 473 g/mol. The predicted molar refractivity (Wildman–Crippen MR) is 122 cm³/mol. The van der Waals surface area contributed by atoms with Crippen LogP contribution in [0, 0.1) is 28.6 Å². The molecule has 0 saturated carbocycles. The second kappa shape index (κ2) is 10.1. The summed E-state index contributed by atoms with van der Waals surface area (Å²) in [6.07, 6.45) is 3.29. The van der Waals surface area contributed by atoms with Crippen molar-refractivity contribution < 1.29 is 14.3 Å². The lowest BCUT2D eigenvalue weighted by Gasteiger charge is -2.21. The lowest BCUT2D eigenvalue weighted by atomic mass is 9.90. The second-order valence-corrected chi connectivity index (χ2v) is 11.4. The van der Waals surface area contributed by atoms with Crippen LogP contribution in [0.5, 0.6) is 0 Å². The van der Waals surface area contributed by atoms with Crippen molar-refractivity contribution in [3.05, 3.63) is 39.8 Å². The summed E-state index contributed by atoms with van der Waals surface area (Å²) in [6.45, 7) is 10.5. The first kappa shape index (κ1) is 25.3. The average Bonchev–Trinajstić information content (AvgIpc) is 3.18. The minimum atomic E-state index is -2.22. The van der Waals surface area contributed by atoms with Crippen LogP contribution >= 0.6 is 11.3 Å². The molecule has 1 heterocycles. The zero-order valence-corrected chi connectivity index (χ0v) is 20.6. The van der Waals surface area contributed by atoms with Crippen LogP contribution in [0.25, 0.3) is 0 Å². The molecule has 0 spiro atoms. The first-order valence-corrected chi connectivity index (χ1v) is 12.2. The summed E-state index contributed by atoms with van der Waals surface area (Å²) in [5, 5.41) is 31.7. The van der Waals surface area contributed by atoms with Gasteiger partial charge in [0.25, 0.3) is 0 Å². The van der Waals surface area contributed by atoms with Crippen molar-refractivity contribution in [3.8, 4) is 12.3 Å². The number of nitriles is 2. The standard InChI is InChI=1S/C21H25FN6O2SSi/c1-11(2)14-7-13(8-23)17(22)16(12(3)4)18(14)27-20(29)28-32(26-10-24)15-9-25-19(31-15)21(5,6)30/h7,9,11-12,26,30H,1-6H3,(H,27,29). The predicted octanol–water partition coefficient (Wildman–Crippen LogP) is 3.89. The lowest BCUT2D eigenvalue weighted by Crippen LogP contribution is -2.34. The van der Waals surface area contributed by atoms with E-state index in [4.69, 9.17) is 5.26 Å². The quantitative estimate of drug-likeness (QED) is 0.332. The van der Waals surface area contributed by atoms with E-state index in [9.17, 15) is 19.6 Å². The van der Waals surface area contributed by atoms with Gasteiger partial charge in [-0.15, -0.1) is 11.3 Å². The molecule has 0 aliphatic heterocycles. The van der Waals surface area contributed by atoms with Crippen LogP contribution in [-0.4, -0.2) is 24.9 Å². The Labute approximate surface area is 192 Å². The number of benzene rings is 1. The number of urea groups is 1. The largest absolute Gasteiger partial charge is 0.383 e. The van der Waals surface area contributed by atoms with Gasteiger partial charge in [0.1, 0.15) is 22.5 Å². The highest BCUT2D eigenvalue weighted by molar-refractivity contribution is 7.22. The Morgan fingerprint density at radius 3 is 2.44 bits per heavy atom. The number of rotatable bonds is 6. The van der Waals surface area contributed by atoms with Gasteiger partial charge in [0.05, 0.1) is 15.8 Å². The summed E-state index contributed by atoms with van der Waals surface area (Å²) in [5.41, 5.74) is -0.0878. The van der Waals surface area contributed by atoms with Gasteiger partial charge in [-0.25, -0.2) is 18.8 Å². The van der Waals surface area contributed by atoms with E-state index in [0.717, 1.165) is 11.3 Å². The molecular formula is C21H25FN6O2SSi. The van der Waals surface area contributed by atoms with E-state index in [2.05, 4.69) is 19.9 Å². The van der Waals surface area contributed by atoms with Gasteiger partial charge in [0.2, 0.25) is 0 Å². The van der Waals surface area contributed by atoms with Gasteiger partial charge in [-0.3, -0.25) is 0 Å². The van der Waals surface area contributed by atoms with Gasteiger partial charge in [0, 0.05) is 11.8 Å². The molecule has 2 rings (SSSR count). The van der Waals surface area contributed by atoms with Crippen LogP contribution in [0.2, 0.25) is 0 Å². The first-order chi connectivity index (χ1) is 14.9. The Bertz CT molecular complexity index is 1140. The number of aliphatic hydroxyl groups is 1. The molecule has 0 saturated heterocycles. The molecule has 0 fully saturated rings. The van der Waals surface area contributed by atoms with Gasteiger partial charge in [-0.2, -0.15) is 10.5 Å². The van der Waals surface area contributed by atoms with Crippen LogP contribution in [-0.2, 0) is 5.60 Å². The Morgan fingerprint density at radius 2 is 1.97 bits per heavy atom. The molecule has 0 bridgehead atoms. The molecule has 2 aromatic rings. The van der Waals surface area contributed by atoms with E-state index < -0.39 is 26.2 Å². The highest BCUT2D eigenvalue weighted by Gasteiger charge is 2.25. The fourth-order valence-corrected chi connectivity index (χ4v) is 5.50. The molecule has 1 aromatic heterocycles. The lowest BCUT2D eigenvalue weighted by molar-refractivity contribution is 0.0783. The number of halogens is 1. The Kier molecular flexibility index (Phi) is 7.96. The third-order valence-corrected chi connectivity index (χ3v) is 7.91. The van der Waals surface area contributed by atoms with E-state index in [1.54, 1.807) is 27.7 Å². The Balaban J connectivity index is 2.53. The molecule has 8 nitrogen and oxygen atoms in total. The molecule has 0 aliphatic carbocycles. The van der Waals surface area contributed by atoms with Crippen molar-refractivity contribution in [2.75, 3.05) is 5.32 Å². The molecular weight excluding hydrogens is 447 g/mol. The van der Waals surface area contributed by atoms with Crippen molar-refractivity contribution in [3.63, 3.8) is 0 Å². The first-order valence-electron chi connectivity index (χ1n) is 9.90. The van der Waals surface area contributed by atoms with Crippen LogP contribution in [0.15, 0.2) is 16.9 Å². The molecule has 0 atom stereocenters. The Hall–Kier alpha value is -2.99. The number of aromatic nitrogens is 1. The molecule has 32 heavy (non-hydrogen) atoms. The summed E-state index contributed by atoms with van der Waals surface area (Å²) in [7, 11) is -2.22. The Morgan fingerprint density at radius 1 is 1.31 bits per heavy atom. The topological polar surface area (TPSA) is 134 Å². The maximum absolute atomic E-state index is 15.0. The minimum absolute atomic E-state index is 0.0768. The molecule has 2 amide bonds. The number of amides is 2. The normalized spacial score (nSPS) is 11.9. The summed E-state index contributed by atoms with van der Waals surface area (Å²) in [5.74, 6) is -1.05. The molecule has 1 aromatic carbocycles. The monoisotopic (exact) mass is 472 g/mol. The zero-order chi connectivity index (χ0) is 24.2. The fourth-order valence-electron chi connectivity index (χ4n) is 3.02. The molecule has 3 N–H and O–H groups in total.